The van der Waals surface area contributed by atoms with Gasteiger partial charge in [-0.15, -0.1) is 0 Å². The first kappa shape index (κ1) is 29.1. The summed E-state index contributed by atoms with van der Waals surface area (Å²) in [5, 5.41) is 8.33. The molecule has 1 N–H and O–H groups in total. The lowest BCUT2D eigenvalue weighted by atomic mass is 10.2. The fourth-order valence-electron chi connectivity index (χ4n) is 3.62. The van der Waals surface area contributed by atoms with E-state index in [4.69, 9.17) is 32.7 Å². The van der Waals surface area contributed by atoms with Gasteiger partial charge in [0, 0.05) is 31.1 Å². The third-order valence-corrected chi connectivity index (χ3v) is 7.70. The van der Waals surface area contributed by atoms with Gasteiger partial charge in [-0.05, 0) is 64.5 Å². The molecule has 0 spiro atoms. The molecule has 202 valence electrons. The maximum Gasteiger partial charge on any atom is 0.282 e. The van der Waals surface area contributed by atoms with E-state index in [1.54, 1.807) is 42.5 Å². The van der Waals surface area contributed by atoms with Crippen LogP contribution in [-0.4, -0.2) is 35.5 Å². The Morgan fingerprint density at radius 3 is 2.54 bits per heavy atom. The van der Waals surface area contributed by atoms with Crippen LogP contribution in [-0.2, 0) is 4.79 Å². The van der Waals surface area contributed by atoms with Gasteiger partial charge in [0.15, 0.2) is 18.1 Å². The molecule has 0 aliphatic carbocycles. The zero-order valence-electron chi connectivity index (χ0n) is 21.0. The molecule has 0 aliphatic rings. The van der Waals surface area contributed by atoms with Gasteiger partial charge in [-0.1, -0.05) is 53.0 Å². The molecule has 8 nitrogen and oxygen atoms in total. The molecule has 0 fully saturated rings. The highest BCUT2D eigenvalue weighted by atomic mass is 79.9. The lowest BCUT2D eigenvalue weighted by Gasteiger charge is -2.15. The van der Waals surface area contributed by atoms with E-state index in [-0.39, 0.29) is 34.6 Å². The number of nitrogens with zero attached hydrogens (tertiary/aromatic N) is 3. The molecule has 3 aromatic carbocycles. The Bertz CT molecular complexity index is 1640. The maximum absolute atomic E-state index is 13.3. The SMILES string of the molecule is COc1cc(C=Nn2c(C(C)C)nc3ccc(Br)cc3c2=O)c(Br)c(Cl)c1OCC(=O)Nc1ccc(Cl)cc1. The zero-order valence-corrected chi connectivity index (χ0v) is 25.7. The molecule has 1 heterocycles. The average Bonchev–Trinajstić information content (AvgIpc) is 2.91. The summed E-state index contributed by atoms with van der Waals surface area (Å²) in [4.78, 5) is 30.4. The number of fused-ring (bicyclic) bond motifs is 1. The van der Waals surface area contributed by atoms with Gasteiger partial charge < -0.3 is 14.8 Å². The second-order valence-corrected chi connectivity index (χ2v) is 11.1. The highest BCUT2D eigenvalue weighted by Crippen LogP contribution is 2.42. The summed E-state index contributed by atoms with van der Waals surface area (Å²) in [6.45, 7) is 3.55. The molecule has 12 heteroatoms. The van der Waals surface area contributed by atoms with Gasteiger partial charge in [-0.2, -0.15) is 9.78 Å². The minimum atomic E-state index is -0.395. The summed E-state index contributed by atoms with van der Waals surface area (Å²) in [6.07, 6.45) is 1.48. The Morgan fingerprint density at radius 2 is 1.87 bits per heavy atom. The number of methoxy groups -OCH3 is 1. The lowest BCUT2D eigenvalue weighted by Crippen LogP contribution is -2.23. The number of amides is 1. The molecule has 0 unspecified atom stereocenters. The largest absolute Gasteiger partial charge is 0.493 e. The van der Waals surface area contributed by atoms with E-state index in [0.717, 1.165) is 4.47 Å². The van der Waals surface area contributed by atoms with E-state index in [0.29, 0.717) is 37.5 Å². The topological polar surface area (TPSA) is 94.8 Å². The summed E-state index contributed by atoms with van der Waals surface area (Å²) in [5.74, 6) is 0.493. The number of benzene rings is 3. The summed E-state index contributed by atoms with van der Waals surface area (Å²) >= 11 is 19.3. The molecule has 4 aromatic rings. The highest BCUT2D eigenvalue weighted by molar-refractivity contribution is 9.10. The second kappa shape index (κ2) is 12.5. The molecule has 0 aliphatic heterocycles. The van der Waals surface area contributed by atoms with Gasteiger partial charge in [0.05, 0.1) is 24.2 Å². The van der Waals surface area contributed by atoms with Crippen LogP contribution in [0.1, 0.15) is 31.2 Å². The van der Waals surface area contributed by atoms with Crippen molar-refractivity contribution in [3.63, 3.8) is 0 Å². The summed E-state index contributed by atoms with van der Waals surface area (Å²) in [6, 6.07) is 13.7. The van der Waals surface area contributed by atoms with Crippen molar-refractivity contribution < 1.29 is 14.3 Å². The minimum Gasteiger partial charge on any atom is -0.493 e. The normalized spacial score (nSPS) is 11.4. The van der Waals surface area contributed by atoms with E-state index >= 15 is 0 Å². The summed E-state index contributed by atoms with van der Waals surface area (Å²) < 4.78 is 13.7. The van der Waals surface area contributed by atoms with Crippen LogP contribution in [0, 0.1) is 0 Å². The van der Waals surface area contributed by atoms with Crippen LogP contribution in [0.5, 0.6) is 11.5 Å². The number of halogens is 4. The smallest absolute Gasteiger partial charge is 0.282 e. The number of hydrogen-bond donors (Lipinski definition) is 1. The molecule has 39 heavy (non-hydrogen) atoms. The lowest BCUT2D eigenvalue weighted by molar-refractivity contribution is -0.118. The fourth-order valence-corrected chi connectivity index (χ4v) is 4.76. The Kier molecular flexibility index (Phi) is 9.32. The number of aromatic nitrogens is 2. The Hall–Kier alpha value is -2.92. The van der Waals surface area contributed by atoms with E-state index < -0.39 is 5.91 Å². The first-order valence-corrected chi connectivity index (χ1v) is 13.9. The molecule has 1 aromatic heterocycles. The molecule has 0 saturated carbocycles. The number of anilines is 1. The summed E-state index contributed by atoms with van der Waals surface area (Å²) in [7, 11) is 1.45. The first-order valence-electron chi connectivity index (χ1n) is 11.6. The number of hydrogen-bond acceptors (Lipinski definition) is 6. The van der Waals surface area contributed by atoms with Crippen LogP contribution in [0.4, 0.5) is 5.69 Å². The standard InChI is InChI=1S/C27H22Br2Cl2N4O4/c1-14(2)26-34-20-9-4-16(28)11-19(20)27(37)35(26)32-12-15-10-21(38-3)25(24(31)23(15)29)39-13-22(36)33-18-7-5-17(30)6-8-18/h4-12,14H,13H2,1-3H3,(H,33,36). The first-order chi connectivity index (χ1) is 18.6. The third kappa shape index (κ3) is 6.63. The van der Waals surface area contributed by atoms with Crippen molar-refractivity contribution in [3.05, 3.63) is 89.3 Å². The van der Waals surface area contributed by atoms with Crippen LogP contribution in [0.3, 0.4) is 0 Å². The van der Waals surface area contributed by atoms with Crippen molar-refractivity contribution in [1.82, 2.24) is 9.66 Å². The van der Waals surface area contributed by atoms with Crippen LogP contribution >= 0.6 is 55.1 Å². The molecule has 0 bridgehead atoms. The van der Waals surface area contributed by atoms with Crippen molar-refractivity contribution >= 4 is 83.8 Å². The Morgan fingerprint density at radius 1 is 1.15 bits per heavy atom. The highest BCUT2D eigenvalue weighted by Gasteiger charge is 2.19. The van der Waals surface area contributed by atoms with Crippen molar-refractivity contribution in [3.8, 4) is 11.5 Å². The van der Waals surface area contributed by atoms with Gasteiger partial charge in [0.2, 0.25) is 0 Å². The average molecular weight is 697 g/mol. The molecular formula is C27H22Br2Cl2N4O4. The van der Waals surface area contributed by atoms with Gasteiger partial charge in [-0.3, -0.25) is 9.59 Å². The molecular weight excluding hydrogens is 675 g/mol. The number of rotatable bonds is 8. The Balaban J connectivity index is 1.63. The van der Waals surface area contributed by atoms with Crippen molar-refractivity contribution in [2.45, 2.75) is 19.8 Å². The van der Waals surface area contributed by atoms with Gasteiger partial charge in [0.1, 0.15) is 10.8 Å². The molecule has 0 saturated heterocycles. The molecule has 4 rings (SSSR count). The van der Waals surface area contributed by atoms with Gasteiger partial charge >= 0.3 is 0 Å². The van der Waals surface area contributed by atoms with E-state index in [9.17, 15) is 9.59 Å². The number of ether oxygens (including phenoxy) is 2. The van der Waals surface area contributed by atoms with Crippen LogP contribution in [0.15, 0.2) is 67.4 Å². The van der Waals surface area contributed by atoms with Crippen molar-refractivity contribution in [2.75, 3.05) is 19.0 Å². The van der Waals surface area contributed by atoms with Crippen LogP contribution in [0.2, 0.25) is 10.0 Å². The number of carbonyl (C=O) groups is 1. The second-order valence-electron chi connectivity index (χ2n) is 8.62. The third-order valence-electron chi connectivity index (χ3n) is 5.51. The summed E-state index contributed by atoms with van der Waals surface area (Å²) in [5.41, 5.74) is 1.38. The Labute approximate surface area is 251 Å². The van der Waals surface area contributed by atoms with E-state index in [1.165, 1.54) is 18.0 Å². The number of nitrogens with one attached hydrogen (secondary N) is 1. The predicted octanol–water partition coefficient (Wildman–Crippen LogP) is 7.26. The van der Waals surface area contributed by atoms with Crippen molar-refractivity contribution in [1.29, 1.82) is 0 Å². The van der Waals surface area contributed by atoms with E-state index in [2.05, 4.69) is 47.3 Å². The molecule has 0 atom stereocenters. The van der Waals surface area contributed by atoms with E-state index in [1.807, 2.05) is 19.9 Å². The van der Waals surface area contributed by atoms with Gasteiger partial charge in [-0.25, -0.2) is 4.98 Å². The predicted molar refractivity (Wildman–Crippen MR) is 162 cm³/mol. The quantitative estimate of drug-likeness (QED) is 0.196. The van der Waals surface area contributed by atoms with Crippen LogP contribution < -0.4 is 20.3 Å². The fraction of sp³-hybridized carbons (Fsp3) is 0.185. The maximum atomic E-state index is 13.3. The zero-order chi connectivity index (χ0) is 28.3. The van der Waals surface area contributed by atoms with Crippen molar-refractivity contribution in [2.24, 2.45) is 5.10 Å². The monoisotopic (exact) mass is 694 g/mol. The molecule has 1 amide bonds. The van der Waals surface area contributed by atoms with Crippen LogP contribution in [0.25, 0.3) is 10.9 Å². The number of carbonyl (C=O) groups excluding carboxylic acids is 1. The molecule has 0 radical (unpaired) electrons. The minimum absolute atomic E-state index is 0.0701. The van der Waals surface area contributed by atoms with Gasteiger partial charge in [0.25, 0.3) is 11.5 Å².